The fourth-order valence-electron chi connectivity index (χ4n) is 1.77. The molecule has 1 aromatic carbocycles. The molecule has 0 amide bonds. The number of nitrogen functional groups attached to an aromatic ring is 1. The van der Waals surface area contributed by atoms with Crippen molar-refractivity contribution in [3.05, 3.63) is 46.5 Å². The minimum absolute atomic E-state index is 0.00926. The van der Waals surface area contributed by atoms with E-state index in [4.69, 9.17) is 5.73 Å². The van der Waals surface area contributed by atoms with Gasteiger partial charge in [-0.15, -0.1) is 0 Å². The van der Waals surface area contributed by atoms with E-state index in [0.29, 0.717) is 11.8 Å². The molecule has 112 valence electrons. The summed E-state index contributed by atoms with van der Waals surface area (Å²) in [6, 6.07) is 2.02. The molecule has 0 unspecified atom stereocenters. The van der Waals surface area contributed by atoms with Crippen LogP contribution in [0.1, 0.15) is 20.8 Å². The van der Waals surface area contributed by atoms with Gasteiger partial charge in [0.15, 0.2) is 5.03 Å². The molecule has 0 bridgehead atoms. The van der Waals surface area contributed by atoms with E-state index in [9.17, 15) is 13.6 Å². The number of hydrogen-bond acceptors (Lipinski definition) is 4. The molecule has 0 saturated heterocycles. The lowest BCUT2D eigenvalue weighted by Crippen LogP contribution is -2.34. The second-order valence-corrected chi connectivity index (χ2v) is 6.49. The fourth-order valence-corrected chi connectivity index (χ4v) is 2.57. The van der Waals surface area contributed by atoms with Crippen LogP contribution in [0.4, 0.5) is 14.5 Å². The van der Waals surface area contributed by atoms with E-state index in [-0.39, 0.29) is 15.6 Å². The molecular formula is C14H15F2N3OS. The summed E-state index contributed by atoms with van der Waals surface area (Å²) in [7, 11) is 0. The lowest BCUT2D eigenvalue weighted by molar-refractivity contribution is 0.377. The number of hydrogen-bond donors (Lipinski definition) is 1. The number of nitrogens with two attached hydrogens (primary N) is 1. The highest BCUT2D eigenvalue weighted by atomic mass is 32.2. The molecule has 0 saturated carbocycles. The first kappa shape index (κ1) is 15.5. The lowest BCUT2D eigenvalue weighted by atomic mass is 10.1. The van der Waals surface area contributed by atoms with Crippen molar-refractivity contribution in [1.82, 2.24) is 9.55 Å². The van der Waals surface area contributed by atoms with Crippen LogP contribution in [0.5, 0.6) is 0 Å². The largest absolute Gasteiger partial charge is 0.399 e. The Morgan fingerprint density at radius 2 is 1.81 bits per heavy atom. The van der Waals surface area contributed by atoms with Crippen LogP contribution >= 0.6 is 11.8 Å². The van der Waals surface area contributed by atoms with Crippen LogP contribution in [0.3, 0.4) is 0 Å². The van der Waals surface area contributed by atoms with Crippen molar-refractivity contribution in [2.45, 2.75) is 36.2 Å². The lowest BCUT2D eigenvalue weighted by Gasteiger charge is -2.22. The van der Waals surface area contributed by atoms with E-state index in [0.717, 1.165) is 12.1 Å². The summed E-state index contributed by atoms with van der Waals surface area (Å²) in [4.78, 5) is 15.9. The summed E-state index contributed by atoms with van der Waals surface area (Å²) in [6.45, 7) is 5.56. The number of aromatic nitrogens is 2. The van der Waals surface area contributed by atoms with E-state index in [1.807, 2.05) is 20.8 Å². The van der Waals surface area contributed by atoms with Gasteiger partial charge in [0.2, 0.25) is 0 Å². The Labute approximate surface area is 125 Å². The molecule has 0 spiro atoms. The predicted octanol–water partition coefficient (Wildman–Crippen LogP) is 3.01. The van der Waals surface area contributed by atoms with Gasteiger partial charge in [-0.05, 0) is 32.9 Å². The second kappa shape index (κ2) is 5.48. The van der Waals surface area contributed by atoms with Crippen molar-refractivity contribution in [2.24, 2.45) is 0 Å². The molecule has 21 heavy (non-hydrogen) atoms. The first-order valence-corrected chi connectivity index (χ1v) is 7.02. The standard InChI is InChI=1S/C14H15F2N3OS/c1-14(2,3)19-5-4-18-12(13(19)20)21-11-9(15)6-8(17)7-10(11)16/h4-7H,17H2,1-3H3. The third-order valence-corrected chi connectivity index (χ3v) is 3.82. The molecule has 2 N–H and O–H groups in total. The molecule has 0 fully saturated rings. The van der Waals surface area contributed by atoms with E-state index >= 15 is 0 Å². The number of anilines is 1. The number of benzene rings is 1. The maximum atomic E-state index is 13.8. The first-order chi connectivity index (χ1) is 9.70. The van der Waals surface area contributed by atoms with Crippen LogP contribution in [0, 0.1) is 11.6 Å². The molecule has 0 atom stereocenters. The normalized spacial score (nSPS) is 11.7. The Kier molecular flexibility index (Phi) is 4.04. The predicted molar refractivity (Wildman–Crippen MR) is 78.4 cm³/mol. The third-order valence-electron chi connectivity index (χ3n) is 2.75. The van der Waals surface area contributed by atoms with Crippen molar-refractivity contribution in [3.8, 4) is 0 Å². The maximum absolute atomic E-state index is 13.8. The molecule has 7 heteroatoms. The zero-order chi connectivity index (χ0) is 15.8. The number of rotatable bonds is 2. The summed E-state index contributed by atoms with van der Waals surface area (Å²) in [5.74, 6) is -1.63. The summed E-state index contributed by atoms with van der Waals surface area (Å²) < 4.78 is 29.0. The summed E-state index contributed by atoms with van der Waals surface area (Å²) in [6.07, 6.45) is 2.98. The van der Waals surface area contributed by atoms with Gasteiger partial charge in [-0.1, -0.05) is 11.8 Å². The second-order valence-electron chi connectivity index (χ2n) is 5.49. The maximum Gasteiger partial charge on any atom is 0.283 e. The minimum Gasteiger partial charge on any atom is -0.399 e. The van der Waals surface area contributed by atoms with Gasteiger partial charge in [0.05, 0.1) is 4.90 Å². The first-order valence-electron chi connectivity index (χ1n) is 6.20. The van der Waals surface area contributed by atoms with Crippen molar-refractivity contribution >= 4 is 17.4 Å². The molecule has 0 aliphatic rings. The van der Waals surface area contributed by atoms with Crippen molar-refractivity contribution in [3.63, 3.8) is 0 Å². The minimum atomic E-state index is -0.815. The number of nitrogens with zero attached hydrogens (tertiary/aromatic N) is 2. The Hall–Kier alpha value is -1.89. The topological polar surface area (TPSA) is 60.9 Å². The molecule has 2 aromatic rings. The van der Waals surface area contributed by atoms with Gasteiger partial charge in [0.1, 0.15) is 11.6 Å². The summed E-state index contributed by atoms with van der Waals surface area (Å²) in [5, 5.41) is 0.00926. The molecule has 4 nitrogen and oxygen atoms in total. The molecule has 2 rings (SSSR count). The van der Waals surface area contributed by atoms with Gasteiger partial charge in [0, 0.05) is 23.6 Å². The Morgan fingerprint density at radius 1 is 1.24 bits per heavy atom. The highest BCUT2D eigenvalue weighted by Crippen LogP contribution is 2.30. The summed E-state index contributed by atoms with van der Waals surface area (Å²) >= 11 is 0.656. The fraction of sp³-hybridized carbons (Fsp3) is 0.286. The zero-order valence-electron chi connectivity index (χ0n) is 11.9. The molecule has 1 heterocycles. The average molecular weight is 311 g/mol. The Morgan fingerprint density at radius 3 is 2.33 bits per heavy atom. The molecule has 0 radical (unpaired) electrons. The van der Waals surface area contributed by atoms with Gasteiger partial charge in [-0.3, -0.25) is 4.79 Å². The van der Waals surface area contributed by atoms with Crippen LogP contribution in [0.25, 0.3) is 0 Å². The molecule has 0 aliphatic heterocycles. The Balaban J connectivity index is 2.49. The highest BCUT2D eigenvalue weighted by molar-refractivity contribution is 7.99. The van der Waals surface area contributed by atoms with Gasteiger partial charge < -0.3 is 10.3 Å². The van der Waals surface area contributed by atoms with Crippen LogP contribution in [0.2, 0.25) is 0 Å². The van der Waals surface area contributed by atoms with Gasteiger partial charge in [-0.25, -0.2) is 13.8 Å². The SMILES string of the molecule is CC(C)(C)n1ccnc(Sc2c(F)cc(N)cc2F)c1=O. The third kappa shape index (κ3) is 3.24. The average Bonchev–Trinajstić information content (AvgIpc) is 2.33. The van der Waals surface area contributed by atoms with E-state index in [2.05, 4.69) is 4.98 Å². The Bertz CT molecular complexity index is 715. The van der Waals surface area contributed by atoms with Crippen LogP contribution < -0.4 is 11.3 Å². The number of halogens is 2. The van der Waals surface area contributed by atoms with E-state index < -0.39 is 22.7 Å². The van der Waals surface area contributed by atoms with Crippen LogP contribution in [-0.4, -0.2) is 9.55 Å². The monoisotopic (exact) mass is 311 g/mol. The summed E-state index contributed by atoms with van der Waals surface area (Å²) in [5.41, 5.74) is 4.50. The van der Waals surface area contributed by atoms with Gasteiger partial charge in [-0.2, -0.15) is 0 Å². The van der Waals surface area contributed by atoms with Crippen LogP contribution in [0.15, 0.2) is 39.2 Å². The van der Waals surface area contributed by atoms with Crippen molar-refractivity contribution < 1.29 is 8.78 Å². The van der Waals surface area contributed by atoms with Gasteiger partial charge in [0.25, 0.3) is 5.56 Å². The van der Waals surface area contributed by atoms with E-state index in [1.54, 1.807) is 6.20 Å². The van der Waals surface area contributed by atoms with Crippen LogP contribution in [-0.2, 0) is 5.54 Å². The quantitative estimate of drug-likeness (QED) is 0.866. The van der Waals surface area contributed by atoms with E-state index in [1.165, 1.54) is 10.8 Å². The zero-order valence-corrected chi connectivity index (χ0v) is 12.7. The van der Waals surface area contributed by atoms with Crippen molar-refractivity contribution in [1.29, 1.82) is 0 Å². The molecule has 0 aliphatic carbocycles. The van der Waals surface area contributed by atoms with Crippen molar-refractivity contribution in [2.75, 3.05) is 5.73 Å². The smallest absolute Gasteiger partial charge is 0.283 e. The molecular weight excluding hydrogens is 296 g/mol. The highest BCUT2D eigenvalue weighted by Gasteiger charge is 2.19. The molecule has 1 aromatic heterocycles. The van der Waals surface area contributed by atoms with Gasteiger partial charge >= 0.3 is 0 Å².